The van der Waals surface area contributed by atoms with Crippen molar-refractivity contribution < 1.29 is 14.6 Å². The number of carboxylic acid groups (broad SMARTS) is 1. The van der Waals surface area contributed by atoms with Crippen molar-refractivity contribution in [2.75, 3.05) is 18.1 Å². The number of hydrogen-bond donors (Lipinski definition) is 3. The summed E-state index contributed by atoms with van der Waals surface area (Å²) >= 11 is 0. The van der Waals surface area contributed by atoms with Gasteiger partial charge in [0.25, 0.3) is 0 Å². The summed E-state index contributed by atoms with van der Waals surface area (Å²) in [6.45, 7) is 2.72. The fourth-order valence-electron chi connectivity index (χ4n) is 2.88. The van der Waals surface area contributed by atoms with E-state index in [4.69, 9.17) is 21.3 Å². The van der Waals surface area contributed by atoms with Crippen molar-refractivity contribution in [2.45, 2.75) is 51.9 Å². The number of aryl methyl sites for hydroxylation is 1. The smallest absolute Gasteiger partial charge is 0.303 e. The van der Waals surface area contributed by atoms with E-state index in [9.17, 15) is 4.79 Å². The van der Waals surface area contributed by atoms with Gasteiger partial charge in [-0.05, 0) is 42.9 Å². The highest BCUT2D eigenvalue weighted by Gasteiger charge is 2.09. The Labute approximate surface area is 171 Å². The van der Waals surface area contributed by atoms with Crippen LogP contribution >= 0.6 is 12.4 Å². The summed E-state index contributed by atoms with van der Waals surface area (Å²) in [4.78, 5) is 18.5. The summed E-state index contributed by atoms with van der Waals surface area (Å²) in [6.07, 6.45) is 6.85. The molecule has 0 saturated carbocycles. The summed E-state index contributed by atoms with van der Waals surface area (Å²) in [5.41, 5.74) is 14.6. The molecule has 0 spiro atoms. The van der Waals surface area contributed by atoms with Gasteiger partial charge in [0.1, 0.15) is 11.6 Å². The summed E-state index contributed by atoms with van der Waals surface area (Å²) in [5.74, 6) is 0.723. The summed E-state index contributed by atoms with van der Waals surface area (Å²) in [7, 11) is 0. The van der Waals surface area contributed by atoms with E-state index < -0.39 is 5.97 Å². The lowest BCUT2D eigenvalue weighted by atomic mass is 10.0. The van der Waals surface area contributed by atoms with Gasteiger partial charge in [0.05, 0.1) is 6.61 Å². The highest BCUT2D eigenvalue weighted by molar-refractivity contribution is 5.85. The molecule has 0 radical (unpaired) electrons. The van der Waals surface area contributed by atoms with Crippen LogP contribution in [0.3, 0.4) is 0 Å². The molecule has 0 aliphatic heterocycles. The topological polar surface area (TPSA) is 124 Å². The van der Waals surface area contributed by atoms with Crippen molar-refractivity contribution in [3.8, 4) is 5.75 Å². The molecule has 0 saturated heterocycles. The van der Waals surface area contributed by atoms with Crippen LogP contribution in [0.25, 0.3) is 0 Å². The van der Waals surface area contributed by atoms with Crippen LogP contribution in [0.4, 0.5) is 11.8 Å². The zero-order valence-electron chi connectivity index (χ0n) is 16.2. The minimum atomic E-state index is -0.746. The lowest BCUT2D eigenvalue weighted by Gasteiger charge is -2.13. The molecule has 7 nitrogen and oxygen atoms in total. The third-order valence-electron chi connectivity index (χ3n) is 4.25. The Morgan fingerprint density at radius 1 is 1.18 bits per heavy atom. The molecule has 0 bridgehead atoms. The molecule has 0 aliphatic rings. The number of benzene rings is 1. The third kappa shape index (κ3) is 7.60. The molecule has 5 N–H and O–H groups in total. The Morgan fingerprint density at radius 2 is 1.96 bits per heavy atom. The van der Waals surface area contributed by atoms with Crippen LogP contribution in [0.1, 0.15) is 55.7 Å². The highest BCUT2D eigenvalue weighted by Crippen LogP contribution is 2.24. The molecule has 28 heavy (non-hydrogen) atoms. The normalized spacial score (nSPS) is 10.3. The summed E-state index contributed by atoms with van der Waals surface area (Å²) in [6, 6.07) is 6.15. The molecule has 0 aliphatic carbocycles. The highest BCUT2D eigenvalue weighted by atomic mass is 35.5. The molecule has 2 aromatic rings. The maximum absolute atomic E-state index is 10.5. The molecule has 0 unspecified atom stereocenters. The monoisotopic (exact) mass is 408 g/mol. The predicted molar refractivity (Wildman–Crippen MR) is 113 cm³/mol. The van der Waals surface area contributed by atoms with E-state index in [1.54, 1.807) is 6.20 Å². The van der Waals surface area contributed by atoms with E-state index in [0.29, 0.717) is 25.3 Å². The van der Waals surface area contributed by atoms with Crippen LogP contribution in [0, 0.1) is 0 Å². The first-order valence-electron chi connectivity index (χ1n) is 9.32. The first kappa shape index (κ1) is 23.5. The maximum atomic E-state index is 10.5. The molecule has 154 valence electrons. The zero-order chi connectivity index (χ0) is 19.6. The molecular weight excluding hydrogens is 380 g/mol. The number of halogens is 1. The van der Waals surface area contributed by atoms with Crippen molar-refractivity contribution in [1.29, 1.82) is 0 Å². The number of rotatable bonds is 11. The first-order valence-corrected chi connectivity index (χ1v) is 9.32. The van der Waals surface area contributed by atoms with Gasteiger partial charge in [-0.1, -0.05) is 25.5 Å². The minimum Gasteiger partial charge on any atom is -0.493 e. The number of nitrogens with zero attached hydrogens (tertiary/aromatic N) is 2. The Morgan fingerprint density at radius 3 is 2.64 bits per heavy atom. The van der Waals surface area contributed by atoms with Crippen LogP contribution < -0.4 is 16.2 Å². The van der Waals surface area contributed by atoms with Crippen molar-refractivity contribution in [3.05, 3.63) is 41.1 Å². The van der Waals surface area contributed by atoms with E-state index >= 15 is 0 Å². The van der Waals surface area contributed by atoms with Crippen LogP contribution in [0.2, 0.25) is 0 Å². The van der Waals surface area contributed by atoms with Gasteiger partial charge in [0, 0.05) is 24.6 Å². The van der Waals surface area contributed by atoms with Gasteiger partial charge >= 0.3 is 5.97 Å². The average Bonchev–Trinajstić information content (AvgIpc) is 2.62. The molecule has 1 aromatic heterocycles. The number of nitrogens with two attached hydrogens (primary N) is 2. The van der Waals surface area contributed by atoms with E-state index in [1.165, 1.54) is 0 Å². The second-order valence-electron chi connectivity index (χ2n) is 6.56. The molecule has 1 aromatic carbocycles. The standard InChI is InChI=1S/C20H28N4O3.ClH/c1-2-6-15-11-14(12-16-13-23-20(22)24-19(16)21)8-9-17(15)27-10-5-3-4-7-18(25)26;/h8-9,11,13H,2-7,10,12H2,1H3,(H,25,26)(H4,21,22,23,24);1H. The zero-order valence-corrected chi connectivity index (χ0v) is 17.0. The van der Waals surface area contributed by atoms with Crippen LogP contribution in [-0.2, 0) is 17.6 Å². The van der Waals surface area contributed by atoms with Crippen LogP contribution in [0.5, 0.6) is 5.75 Å². The van der Waals surface area contributed by atoms with Gasteiger partial charge in [0.2, 0.25) is 5.95 Å². The summed E-state index contributed by atoms with van der Waals surface area (Å²) in [5, 5.41) is 8.65. The Balaban J connectivity index is 0.00000392. The van der Waals surface area contributed by atoms with Gasteiger partial charge in [-0.2, -0.15) is 4.98 Å². The van der Waals surface area contributed by atoms with Crippen molar-refractivity contribution in [3.63, 3.8) is 0 Å². The number of carbonyl (C=O) groups is 1. The Hall–Kier alpha value is -2.54. The van der Waals surface area contributed by atoms with E-state index in [2.05, 4.69) is 23.0 Å². The molecule has 8 heteroatoms. The van der Waals surface area contributed by atoms with Crippen molar-refractivity contribution >= 4 is 30.1 Å². The van der Waals surface area contributed by atoms with Gasteiger partial charge in [0.15, 0.2) is 0 Å². The lowest BCUT2D eigenvalue weighted by molar-refractivity contribution is -0.137. The fourth-order valence-corrected chi connectivity index (χ4v) is 2.88. The SMILES string of the molecule is CCCc1cc(Cc2cnc(N)nc2N)ccc1OCCCCCC(=O)O.Cl. The third-order valence-corrected chi connectivity index (χ3v) is 4.25. The number of carboxylic acids is 1. The molecule has 0 amide bonds. The number of aliphatic carboxylic acids is 1. The van der Waals surface area contributed by atoms with Crippen LogP contribution in [0.15, 0.2) is 24.4 Å². The van der Waals surface area contributed by atoms with Gasteiger partial charge in [-0.25, -0.2) is 4.98 Å². The number of ether oxygens (including phenoxy) is 1. The number of unbranched alkanes of at least 4 members (excludes halogenated alkanes) is 2. The minimum absolute atomic E-state index is 0. The van der Waals surface area contributed by atoms with Gasteiger partial charge < -0.3 is 21.3 Å². The largest absolute Gasteiger partial charge is 0.493 e. The molecule has 1 heterocycles. The van der Waals surface area contributed by atoms with E-state index in [0.717, 1.165) is 48.1 Å². The lowest BCUT2D eigenvalue weighted by Crippen LogP contribution is -2.05. The van der Waals surface area contributed by atoms with Gasteiger partial charge in [-0.3, -0.25) is 4.79 Å². The quantitative estimate of drug-likeness (QED) is 0.485. The second-order valence-corrected chi connectivity index (χ2v) is 6.56. The average molecular weight is 409 g/mol. The van der Waals surface area contributed by atoms with Crippen molar-refractivity contribution in [2.24, 2.45) is 0 Å². The van der Waals surface area contributed by atoms with Crippen LogP contribution in [-0.4, -0.2) is 27.7 Å². The number of nitrogen functional groups attached to an aromatic ring is 2. The number of hydrogen-bond acceptors (Lipinski definition) is 6. The van der Waals surface area contributed by atoms with Crippen molar-refractivity contribution in [1.82, 2.24) is 9.97 Å². The van der Waals surface area contributed by atoms with Gasteiger partial charge in [-0.15, -0.1) is 12.4 Å². The fraction of sp³-hybridized carbons (Fsp3) is 0.450. The molecule has 2 rings (SSSR count). The molecule has 0 fully saturated rings. The Bertz CT molecular complexity index is 771. The Kier molecular flexibility index (Phi) is 10.1. The number of aromatic nitrogens is 2. The second kappa shape index (κ2) is 12.0. The van der Waals surface area contributed by atoms with E-state index in [1.807, 2.05) is 12.1 Å². The predicted octanol–water partition coefficient (Wildman–Crippen LogP) is 3.63. The first-order chi connectivity index (χ1) is 13.0. The molecule has 0 atom stereocenters. The summed E-state index contributed by atoms with van der Waals surface area (Å²) < 4.78 is 5.93. The van der Waals surface area contributed by atoms with E-state index in [-0.39, 0.29) is 24.8 Å². The number of anilines is 2. The molecular formula is C20H29ClN4O3. The maximum Gasteiger partial charge on any atom is 0.303 e.